The van der Waals surface area contributed by atoms with Crippen LogP contribution in [0.15, 0.2) is 58.3 Å². The predicted molar refractivity (Wildman–Crippen MR) is 129 cm³/mol. The quantitative estimate of drug-likeness (QED) is 0.300. The van der Waals surface area contributed by atoms with Crippen molar-refractivity contribution in [3.8, 4) is 0 Å². The minimum atomic E-state index is -4.03. The first-order chi connectivity index (χ1) is 15.1. The third-order valence-electron chi connectivity index (χ3n) is 5.92. The molecule has 174 valence electrons. The highest BCUT2D eigenvalue weighted by Gasteiger charge is 2.28. The molecule has 32 heavy (non-hydrogen) atoms. The van der Waals surface area contributed by atoms with Crippen molar-refractivity contribution in [2.45, 2.75) is 61.0 Å². The molecule has 1 fully saturated rings. The zero-order chi connectivity index (χ0) is 23.3. The van der Waals surface area contributed by atoms with Gasteiger partial charge in [0.15, 0.2) is 0 Å². The monoisotopic (exact) mass is 478 g/mol. The third kappa shape index (κ3) is 6.44. The van der Waals surface area contributed by atoms with Gasteiger partial charge in [-0.3, -0.25) is 15.0 Å². The van der Waals surface area contributed by atoms with Gasteiger partial charge in [0, 0.05) is 41.4 Å². The Kier molecular flexibility index (Phi) is 8.16. The number of nitro groups is 1. The van der Waals surface area contributed by atoms with Crippen molar-refractivity contribution in [2.75, 3.05) is 17.6 Å². The van der Waals surface area contributed by atoms with Crippen LogP contribution in [0.1, 0.15) is 33.1 Å². The van der Waals surface area contributed by atoms with Gasteiger partial charge >= 0.3 is 0 Å². The molecule has 8 nitrogen and oxygen atoms in total. The standard InChI is InChI=1S/C22H30N4O4S2/c1-16-8-9-17(2)25(16)13-12-18(15-31-19-6-4-3-5-7-19)24-21-11-10-20(32(23,29)30)14-22(21)26(27)28/h3-7,10-11,14,16-18,24H,8-9,12-13,15H2,1-2H3,(H2,23,29,30)/t16?,17?,18-/m1/s1. The van der Waals surface area contributed by atoms with Crippen molar-refractivity contribution in [3.63, 3.8) is 0 Å². The van der Waals surface area contributed by atoms with E-state index in [0.29, 0.717) is 23.5 Å². The minimum absolute atomic E-state index is 0.0424. The lowest BCUT2D eigenvalue weighted by atomic mass is 10.1. The number of hydrogen-bond donors (Lipinski definition) is 2. The summed E-state index contributed by atoms with van der Waals surface area (Å²) in [6.07, 6.45) is 3.17. The number of nitro benzene ring substituents is 1. The molecule has 2 unspecified atom stereocenters. The first-order valence-corrected chi connectivity index (χ1v) is 13.2. The van der Waals surface area contributed by atoms with Gasteiger partial charge in [0.25, 0.3) is 5.69 Å². The maximum Gasteiger partial charge on any atom is 0.293 e. The first-order valence-electron chi connectivity index (χ1n) is 10.7. The number of benzene rings is 2. The average Bonchev–Trinajstić information content (AvgIpc) is 3.07. The summed E-state index contributed by atoms with van der Waals surface area (Å²) in [6, 6.07) is 14.8. The fraction of sp³-hybridized carbons (Fsp3) is 0.455. The van der Waals surface area contributed by atoms with E-state index >= 15 is 0 Å². The van der Waals surface area contributed by atoms with Gasteiger partial charge in [0.05, 0.1) is 9.82 Å². The number of nitrogens with two attached hydrogens (primary N) is 1. The summed E-state index contributed by atoms with van der Waals surface area (Å²) in [6.45, 7) is 5.36. The van der Waals surface area contributed by atoms with Crippen LogP contribution in [0.25, 0.3) is 0 Å². The van der Waals surface area contributed by atoms with E-state index < -0.39 is 14.9 Å². The summed E-state index contributed by atoms with van der Waals surface area (Å²) in [5, 5.41) is 20.1. The molecule has 1 aliphatic rings. The maximum atomic E-state index is 11.6. The summed E-state index contributed by atoms with van der Waals surface area (Å²) in [4.78, 5) is 14.4. The fourth-order valence-corrected chi connectivity index (χ4v) is 5.61. The van der Waals surface area contributed by atoms with Crippen molar-refractivity contribution in [2.24, 2.45) is 5.14 Å². The van der Waals surface area contributed by atoms with Crippen LogP contribution < -0.4 is 10.5 Å². The minimum Gasteiger partial charge on any atom is -0.376 e. The molecule has 0 radical (unpaired) electrons. The number of likely N-dealkylation sites (tertiary alicyclic amines) is 1. The molecule has 3 N–H and O–H groups in total. The Balaban J connectivity index is 1.79. The molecule has 2 aromatic carbocycles. The molecule has 0 aromatic heterocycles. The van der Waals surface area contributed by atoms with Crippen LogP contribution >= 0.6 is 11.8 Å². The average molecular weight is 479 g/mol. The third-order valence-corrected chi connectivity index (χ3v) is 8.00. The summed E-state index contributed by atoms with van der Waals surface area (Å²) in [5.74, 6) is 0.717. The molecule has 2 aromatic rings. The number of primary sulfonamides is 1. The van der Waals surface area contributed by atoms with E-state index in [9.17, 15) is 18.5 Å². The van der Waals surface area contributed by atoms with E-state index in [1.807, 2.05) is 30.3 Å². The van der Waals surface area contributed by atoms with Crippen molar-refractivity contribution in [1.82, 2.24) is 4.90 Å². The van der Waals surface area contributed by atoms with Gasteiger partial charge in [0.1, 0.15) is 5.69 Å². The van der Waals surface area contributed by atoms with Gasteiger partial charge in [-0.2, -0.15) is 0 Å². The highest BCUT2D eigenvalue weighted by atomic mass is 32.2. The molecule has 0 spiro atoms. The van der Waals surface area contributed by atoms with Crippen LogP contribution in [0.3, 0.4) is 0 Å². The maximum absolute atomic E-state index is 11.6. The smallest absolute Gasteiger partial charge is 0.293 e. The number of nitrogens with one attached hydrogen (secondary N) is 1. The Morgan fingerprint density at radius 3 is 2.44 bits per heavy atom. The summed E-state index contributed by atoms with van der Waals surface area (Å²) in [5.41, 5.74) is -0.00211. The van der Waals surface area contributed by atoms with Crippen LogP contribution in [0, 0.1) is 10.1 Å². The summed E-state index contributed by atoms with van der Waals surface area (Å²) >= 11 is 1.69. The molecule has 1 saturated heterocycles. The fourth-order valence-electron chi connectivity index (χ4n) is 4.09. The first kappa shape index (κ1) is 24.5. The number of anilines is 1. The van der Waals surface area contributed by atoms with Gasteiger partial charge in [-0.25, -0.2) is 13.6 Å². The van der Waals surface area contributed by atoms with Crippen LogP contribution in [-0.4, -0.2) is 48.7 Å². The molecule has 3 atom stereocenters. The molecule has 10 heteroatoms. The Morgan fingerprint density at radius 1 is 1.19 bits per heavy atom. The molecular formula is C22H30N4O4S2. The molecule has 0 aliphatic carbocycles. The Hall–Kier alpha value is -2.14. The molecule has 1 aliphatic heterocycles. The Labute approximate surface area is 193 Å². The Bertz CT molecular complexity index is 1020. The van der Waals surface area contributed by atoms with E-state index in [2.05, 4.69) is 24.1 Å². The van der Waals surface area contributed by atoms with E-state index in [0.717, 1.165) is 23.9 Å². The topological polar surface area (TPSA) is 119 Å². The van der Waals surface area contributed by atoms with E-state index in [-0.39, 0.29) is 16.6 Å². The van der Waals surface area contributed by atoms with Gasteiger partial charge in [-0.1, -0.05) is 18.2 Å². The number of sulfonamides is 1. The summed E-state index contributed by atoms with van der Waals surface area (Å²) < 4.78 is 23.3. The van der Waals surface area contributed by atoms with Crippen molar-refractivity contribution < 1.29 is 13.3 Å². The van der Waals surface area contributed by atoms with E-state index in [1.165, 1.54) is 25.0 Å². The highest BCUT2D eigenvalue weighted by molar-refractivity contribution is 7.99. The van der Waals surface area contributed by atoms with Crippen LogP contribution in [0.5, 0.6) is 0 Å². The number of thioether (sulfide) groups is 1. The molecule has 0 amide bonds. The second-order valence-electron chi connectivity index (χ2n) is 8.25. The summed E-state index contributed by atoms with van der Waals surface area (Å²) in [7, 11) is -4.03. The molecule has 3 rings (SSSR count). The lowest BCUT2D eigenvalue weighted by molar-refractivity contribution is -0.384. The zero-order valence-electron chi connectivity index (χ0n) is 18.3. The second kappa shape index (κ2) is 10.7. The van der Waals surface area contributed by atoms with Crippen LogP contribution in [-0.2, 0) is 10.0 Å². The van der Waals surface area contributed by atoms with Gasteiger partial charge in [0.2, 0.25) is 10.0 Å². The number of nitrogens with zero attached hydrogens (tertiary/aromatic N) is 2. The van der Waals surface area contributed by atoms with Gasteiger partial charge < -0.3 is 5.32 Å². The molecular weight excluding hydrogens is 448 g/mol. The van der Waals surface area contributed by atoms with Gasteiger partial charge in [-0.05, 0) is 57.4 Å². The zero-order valence-corrected chi connectivity index (χ0v) is 19.9. The Morgan fingerprint density at radius 2 is 1.84 bits per heavy atom. The molecule has 0 bridgehead atoms. The lowest BCUT2D eigenvalue weighted by Gasteiger charge is -2.28. The molecule has 0 saturated carbocycles. The second-order valence-corrected chi connectivity index (χ2v) is 10.9. The highest BCUT2D eigenvalue weighted by Crippen LogP contribution is 2.30. The van der Waals surface area contributed by atoms with Crippen LogP contribution in [0.2, 0.25) is 0 Å². The van der Waals surface area contributed by atoms with Gasteiger partial charge in [-0.15, -0.1) is 11.8 Å². The van der Waals surface area contributed by atoms with Crippen molar-refractivity contribution in [1.29, 1.82) is 0 Å². The van der Waals surface area contributed by atoms with E-state index in [4.69, 9.17) is 5.14 Å². The number of hydrogen-bond acceptors (Lipinski definition) is 7. The lowest BCUT2D eigenvalue weighted by Crippen LogP contribution is -2.37. The number of rotatable bonds is 10. The largest absolute Gasteiger partial charge is 0.376 e. The van der Waals surface area contributed by atoms with E-state index in [1.54, 1.807) is 11.8 Å². The van der Waals surface area contributed by atoms with Crippen molar-refractivity contribution >= 4 is 33.2 Å². The normalized spacial score (nSPS) is 20.2. The van der Waals surface area contributed by atoms with Crippen molar-refractivity contribution in [3.05, 3.63) is 58.6 Å². The molecule has 1 heterocycles. The van der Waals surface area contributed by atoms with Crippen LogP contribution in [0.4, 0.5) is 11.4 Å². The SMILES string of the molecule is CC1CCC(C)N1CC[C@H](CSc1ccccc1)Nc1ccc(S(N)(=O)=O)cc1[N+](=O)[O-]. The predicted octanol–water partition coefficient (Wildman–Crippen LogP) is 4.08.